The Morgan fingerprint density at radius 3 is 2.60 bits per heavy atom. The quantitative estimate of drug-likeness (QED) is 0.827. The van der Waals surface area contributed by atoms with Crippen molar-refractivity contribution in [2.75, 3.05) is 5.32 Å². The van der Waals surface area contributed by atoms with E-state index in [1.165, 1.54) is 12.1 Å². The summed E-state index contributed by atoms with van der Waals surface area (Å²) in [6.07, 6.45) is 3.85. The smallest absolute Gasteiger partial charge is 0.155 e. The van der Waals surface area contributed by atoms with Gasteiger partial charge in [0, 0.05) is 18.4 Å². The van der Waals surface area contributed by atoms with Crippen LogP contribution in [0.2, 0.25) is 0 Å². The molecule has 0 spiro atoms. The average molecular weight is 290 g/mol. The summed E-state index contributed by atoms with van der Waals surface area (Å²) in [7, 11) is 0. The number of hydrogen-bond acceptors (Lipinski definition) is 4. The van der Waals surface area contributed by atoms with E-state index in [1.807, 2.05) is 6.92 Å². The highest BCUT2D eigenvalue weighted by Gasteiger charge is 2.11. The maximum atomic E-state index is 12.9. The van der Waals surface area contributed by atoms with Crippen molar-refractivity contribution in [1.29, 1.82) is 0 Å². The van der Waals surface area contributed by atoms with Crippen LogP contribution in [-0.2, 0) is 6.42 Å². The molecule has 1 unspecified atom stereocenters. The van der Waals surface area contributed by atoms with Crippen LogP contribution in [0.5, 0.6) is 0 Å². The van der Waals surface area contributed by atoms with Crippen LogP contribution in [0.3, 0.4) is 0 Å². The molecule has 2 rings (SSSR count). The molecule has 1 atom stereocenters. The van der Waals surface area contributed by atoms with E-state index in [0.717, 1.165) is 12.0 Å². The Morgan fingerprint density at radius 2 is 1.95 bits per heavy atom. The second-order valence-corrected chi connectivity index (χ2v) is 4.93. The van der Waals surface area contributed by atoms with Crippen LogP contribution < -0.4 is 11.1 Å². The van der Waals surface area contributed by atoms with E-state index in [2.05, 4.69) is 15.3 Å². The van der Waals surface area contributed by atoms with Gasteiger partial charge < -0.3 is 11.1 Å². The lowest BCUT2D eigenvalue weighted by Gasteiger charge is -2.16. The molecular formula is C14H15FN4S. The van der Waals surface area contributed by atoms with Crippen LogP contribution in [-0.4, -0.2) is 21.0 Å². The second-order valence-electron chi connectivity index (χ2n) is 4.49. The first kappa shape index (κ1) is 14.3. The SMILES string of the molecule is CC(Cc1ccc(F)cc1)Nc1nccnc1C(N)=S. The largest absolute Gasteiger partial charge is 0.388 e. The zero-order valence-electron chi connectivity index (χ0n) is 11.0. The normalized spacial score (nSPS) is 11.9. The Balaban J connectivity index is 2.06. The van der Waals surface area contributed by atoms with E-state index in [1.54, 1.807) is 24.5 Å². The van der Waals surface area contributed by atoms with Crippen LogP contribution in [0.4, 0.5) is 10.2 Å². The molecule has 0 amide bonds. The van der Waals surface area contributed by atoms with Gasteiger partial charge in [0.05, 0.1) is 0 Å². The first-order valence-electron chi connectivity index (χ1n) is 6.18. The number of thiocarbonyl (C=S) groups is 1. The highest BCUT2D eigenvalue weighted by Crippen LogP contribution is 2.12. The molecule has 1 aromatic heterocycles. The minimum absolute atomic E-state index is 0.0882. The monoisotopic (exact) mass is 290 g/mol. The summed E-state index contributed by atoms with van der Waals surface area (Å²) in [6.45, 7) is 2.00. The van der Waals surface area contributed by atoms with E-state index >= 15 is 0 Å². The summed E-state index contributed by atoms with van der Waals surface area (Å²) in [4.78, 5) is 8.51. The van der Waals surface area contributed by atoms with Gasteiger partial charge in [0.15, 0.2) is 5.82 Å². The highest BCUT2D eigenvalue weighted by molar-refractivity contribution is 7.80. The molecular weight excluding hydrogens is 275 g/mol. The maximum Gasteiger partial charge on any atom is 0.155 e. The van der Waals surface area contributed by atoms with Crippen LogP contribution in [0.1, 0.15) is 18.2 Å². The number of benzene rings is 1. The van der Waals surface area contributed by atoms with Gasteiger partial charge in [0.2, 0.25) is 0 Å². The third-order valence-electron chi connectivity index (χ3n) is 2.77. The van der Waals surface area contributed by atoms with Crippen LogP contribution >= 0.6 is 12.2 Å². The fourth-order valence-electron chi connectivity index (χ4n) is 1.88. The molecule has 104 valence electrons. The number of halogens is 1. The number of anilines is 1. The third kappa shape index (κ3) is 3.71. The van der Waals surface area contributed by atoms with Crippen LogP contribution in [0.25, 0.3) is 0 Å². The van der Waals surface area contributed by atoms with Crippen molar-refractivity contribution >= 4 is 23.0 Å². The maximum absolute atomic E-state index is 12.9. The summed E-state index contributed by atoms with van der Waals surface area (Å²) in [5.41, 5.74) is 7.12. The Labute approximate surface area is 122 Å². The predicted octanol–water partition coefficient (Wildman–Crippen LogP) is 2.29. The van der Waals surface area contributed by atoms with Crippen molar-refractivity contribution in [3.63, 3.8) is 0 Å². The van der Waals surface area contributed by atoms with Crippen molar-refractivity contribution in [3.8, 4) is 0 Å². The number of aromatic nitrogens is 2. The fraction of sp³-hybridized carbons (Fsp3) is 0.214. The first-order valence-corrected chi connectivity index (χ1v) is 6.59. The lowest BCUT2D eigenvalue weighted by molar-refractivity contribution is 0.626. The average Bonchev–Trinajstić information content (AvgIpc) is 2.41. The number of nitrogens with zero attached hydrogens (tertiary/aromatic N) is 2. The molecule has 1 aromatic carbocycles. The van der Waals surface area contributed by atoms with E-state index in [0.29, 0.717) is 11.5 Å². The lowest BCUT2D eigenvalue weighted by atomic mass is 10.1. The topological polar surface area (TPSA) is 63.8 Å². The van der Waals surface area contributed by atoms with Crippen molar-refractivity contribution < 1.29 is 4.39 Å². The molecule has 20 heavy (non-hydrogen) atoms. The molecule has 0 fully saturated rings. The molecule has 0 saturated heterocycles. The van der Waals surface area contributed by atoms with E-state index in [-0.39, 0.29) is 16.8 Å². The van der Waals surface area contributed by atoms with E-state index < -0.39 is 0 Å². The number of nitrogens with one attached hydrogen (secondary N) is 1. The van der Waals surface area contributed by atoms with Crippen LogP contribution in [0.15, 0.2) is 36.7 Å². The molecule has 1 heterocycles. The number of hydrogen-bond donors (Lipinski definition) is 2. The zero-order valence-corrected chi connectivity index (χ0v) is 11.8. The molecule has 3 N–H and O–H groups in total. The molecule has 0 aliphatic carbocycles. The fourth-order valence-corrected chi connectivity index (χ4v) is 2.03. The zero-order chi connectivity index (χ0) is 14.5. The van der Waals surface area contributed by atoms with Crippen molar-refractivity contribution in [2.45, 2.75) is 19.4 Å². The van der Waals surface area contributed by atoms with Gasteiger partial charge in [-0.05, 0) is 31.0 Å². The number of nitrogens with two attached hydrogens (primary N) is 1. The van der Waals surface area contributed by atoms with Crippen molar-refractivity contribution in [2.24, 2.45) is 5.73 Å². The molecule has 2 aromatic rings. The Kier molecular flexibility index (Phi) is 4.57. The summed E-state index contributed by atoms with van der Waals surface area (Å²) >= 11 is 4.94. The summed E-state index contributed by atoms with van der Waals surface area (Å²) < 4.78 is 12.9. The molecule has 6 heteroatoms. The van der Waals surface area contributed by atoms with Gasteiger partial charge in [-0.1, -0.05) is 24.4 Å². The minimum Gasteiger partial charge on any atom is -0.388 e. The molecule has 4 nitrogen and oxygen atoms in total. The summed E-state index contributed by atoms with van der Waals surface area (Å²) in [5.74, 6) is 0.327. The summed E-state index contributed by atoms with van der Waals surface area (Å²) in [5, 5.41) is 3.22. The van der Waals surface area contributed by atoms with Gasteiger partial charge in [0.1, 0.15) is 16.5 Å². The van der Waals surface area contributed by atoms with Gasteiger partial charge in [-0.25, -0.2) is 14.4 Å². The Morgan fingerprint density at radius 1 is 1.30 bits per heavy atom. The Bertz CT molecular complexity index is 600. The van der Waals surface area contributed by atoms with Crippen molar-refractivity contribution in [3.05, 3.63) is 53.7 Å². The standard InChI is InChI=1S/C14H15FN4S/c1-9(8-10-2-4-11(15)5-3-10)19-14-12(13(16)20)17-6-7-18-14/h2-7,9H,8H2,1H3,(H2,16,20)(H,18,19). The molecule has 0 aliphatic rings. The van der Waals surface area contributed by atoms with E-state index in [4.69, 9.17) is 18.0 Å². The van der Waals surface area contributed by atoms with Crippen molar-refractivity contribution in [1.82, 2.24) is 9.97 Å². The third-order valence-corrected chi connectivity index (χ3v) is 2.96. The molecule has 0 radical (unpaired) electrons. The van der Waals surface area contributed by atoms with Gasteiger partial charge in [0.25, 0.3) is 0 Å². The van der Waals surface area contributed by atoms with Gasteiger partial charge >= 0.3 is 0 Å². The van der Waals surface area contributed by atoms with Gasteiger partial charge in [-0.3, -0.25) is 0 Å². The second kappa shape index (κ2) is 6.38. The molecule has 0 bridgehead atoms. The first-order chi connectivity index (χ1) is 9.56. The summed E-state index contributed by atoms with van der Waals surface area (Å²) in [6, 6.07) is 6.51. The molecule has 0 saturated carbocycles. The number of rotatable bonds is 5. The van der Waals surface area contributed by atoms with E-state index in [9.17, 15) is 4.39 Å². The van der Waals surface area contributed by atoms with Crippen LogP contribution in [0, 0.1) is 5.82 Å². The highest BCUT2D eigenvalue weighted by atomic mass is 32.1. The lowest BCUT2D eigenvalue weighted by Crippen LogP contribution is -2.23. The van der Waals surface area contributed by atoms with Gasteiger partial charge in [-0.15, -0.1) is 0 Å². The molecule has 0 aliphatic heterocycles. The minimum atomic E-state index is -0.237. The van der Waals surface area contributed by atoms with Gasteiger partial charge in [-0.2, -0.15) is 0 Å². The predicted molar refractivity (Wildman–Crippen MR) is 81.1 cm³/mol. The Hall–Kier alpha value is -2.08.